The number of anilines is 3. The van der Waals surface area contributed by atoms with E-state index in [1.54, 1.807) is 33.3 Å². The average Bonchev–Trinajstić information content (AvgIpc) is 2.02. The first-order chi connectivity index (χ1) is 42.6. The molecule has 6 aliphatic rings. The van der Waals surface area contributed by atoms with E-state index >= 15 is 0 Å². The Morgan fingerprint density at radius 3 is 1.16 bits per heavy atom. The zero-order valence-electron chi connectivity index (χ0n) is 50.4. The zero-order valence-corrected chi connectivity index (χ0v) is 52.0. The lowest BCUT2D eigenvalue weighted by Crippen LogP contribution is -2.51. The largest absolute Gasteiger partial charge is 0.489 e. The molecule has 6 aromatic rings. The molecule has 12 rings (SSSR count). The first kappa shape index (κ1) is 69.1. The minimum Gasteiger partial charge on any atom is -0.489 e. The van der Waals surface area contributed by atoms with Gasteiger partial charge >= 0.3 is 6.15 Å². The molecule has 22 nitrogen and oxygen atoms in total. The average molecular weight is 1260 g/mol. The van der Waals surface area contributed by atoms with Gasteiger partial charge in [-0.2, -0.15) is 30.0 Å². The number of nitrogens with two attached hydrogens (primary N) is 1. The Morgan fingerprint density at radius 2 is 0.800 bits per heavy atom. The molecule has 0 saturated heterocycles. The molecule has 468 valence electrons. The second kappa shape index (κ2) is 33.4. The van der Waals surface area contributed by atoms with Crippen LogP contribution in [-0.2, 0) is 33.6 Å². The molecule has 0 saturated carbocycles. The van der Waals surface area contributed by atoms with Crippen LogP contribution in [0.4, 0.5) is 17.1 Å². The molecule has 5 amide bonds. The Kier molecular flexibility index (Phi) is 25.6. The number of carbonyl (C=O) groups is 5. The normalized spacial score (nSPS) is 18.4. The van der Waals surface area contributed by atoms with Crippen molar-refractivity contribution in [1.29, 1.82) is 0 Å². The van der Waals surface area contributed by atoms with Crippen LogP contribution in [0.25, 0.3) is 0 Å². The van der Waals surface area contributed by atoms with Crippen molar-refractivity contribution in [2.24, 2.45) is 36.3 Å². The summed E-state index contributed by atoms with van der Waals surface area (Å²) in [7, 11) is 5.05. The molecule has 6 heterocycles. The number of amides is 5. The number of hydrogen-bond acceptors (Lipinski definition) is 17. The number of nitrogens with one attached hydrogen (secondary N) is 2. The summed E-state index contributed by atoms with van der Waals surface area (Å²) >= 11 is 0. The van der Waals surface area contributed by atoms with E-state index in [1.165, 1.54) is 20.3 Å². The standard InChI is InChI=1S/2C22H22N4O3.C11H12N2.C10H12N2O2.CO2.2ClH/c2*1-14(15-8-4-3-5-9-15)16-12-17(25-24-16)21(27)23-18-13-29-20-11-7-6-10-19(20)26(2)22(18)28;1-9(11-7-8-12-13-11)10-5-3-2-4-6-10;1-12-8-4-2-3-5-9(8)14-6-7(11)10(12)13;2-1-3;;/h2*3-11,14,18H,12-13H2,1-2H3,(H,23,27);2-6,8-9H,7H2,1H3;2-5,7H,6,11H2,1H3;;2*1H/t14-,18+;14-,18-;;7-;;;/m10.0.../s1. The van der Waals surface area contributed by atoms with Crippen LogP contribution in [-0.4, -0.2) is 130 Å². The highest BCUT2D eigenvalue weighted by Gasteiger charge is 2.35. The molecule has 90 heavy (non-hydrogen) atoms. The maximum absolute atomic E-state index is 12.8. The molecule has 6 atom stereocenters. The van der Waals surface area contributed by atoms with Gasteiger partial charge in [0.05, 0.1) is 34.2 Å². The fraction of sp³-hybridized carbons (Fsp3) is 0.273. The Bertz CT molecular complexity index is 3550. The van der Waals surface area contributed by atoms with E-state index in [2.05, 4.69) is 72.4 Å². The summed E-state index contributed by atoms with van der Waals surface area (Å²) in [5, 5.41) is 30.0. The minimum atomic E-state index is -0.793. The van der Waals surface area contributed by atoms with E-state index in [0.717, 1.165) is 40.4 Å². The third kappa shape index (κ3) is 17.4. The Morgan fingerprint density at radius 1 is 0.478 bits per heavy atom. The monoisotopic (exact) mass is 1260 g/mol. The Hall–Kier alpha value is -9.99. The molecule has 1 unspecified atom stereocenters. The molecule has 0 aromatic heterocycles. The van der Waals surface area contributed by atoms with Crippen molar-refractivity contribution in [1.82, 2.24) is 10.6 Å². The fourth-order valence-corrected chi connectivity index (χ4v) is 9.89. The second-order valence-electron chi connectivity index (χ2n) is 20.9. The third-order valence-electron chi connectivity index (χ3n) is 15.2. The van der Waals surface area contributed by atoms with Crippen molar-refractivity contribution >= 4 is 112 Å². The zero-order chi connectivity index (χ0) is 62.7. The van der Waals surface area contributed by atoms with Gasteiger partial charge in [-0.05, 0) is 53.1 Å². The smallest absolute Gasteiger partial charge is 0.373 e. The highest BCUT2D eigenvalue weighted by Crippen LogP contribution is 2.33. The van der Waals surface area contributed by atoms with Crippen LogP contribution in [0, 0.1) is 0 Å². The van der Waals surface area contributed by atoms with Gasteiger partial charge in [0.25, 0.3) is 23.6 Å². The van der Waals surface area contributed by atoms with Gasteiger partial charge in [-0.1, -0.05) is 148 Å². The lowest BCUT2D eigenvalue weighted by Gasteiger charge is -2.20. The van der Waals surface area contributed by atoms with Crippen LogP contribution in [0.5, 0.6) is 17.2 Å². The molecule has 0 fully saturated rings. The highest BCUT2D eigenvalue weighted by molar-refractivity contribution is 6.44. The van der Waals surface area contributed by atoms with Gasteiger partial charge in [-0.15, -0.1) is 35.0 Å². The summed E-state index contributed by atoms with van der Waals surface area (Å²) in [6, 6.07) is 50.2. The van der Waals surface area contributed by atoms with Crippen LogP contribution >= 0.6 is 24.8 Å². The molecule has 0 bridgehead atoms. The number of nitrogens with zero attached hydrogens (tertiary/aromatic N) is 9. The number of para-hydroxylation sites is 6. The van der Waals surface area contributed by atoms with E-state index in [4.69, 9.17) is 29.5 Å². The Balaban J connectivity index is 0.000000197. The van der Waals surface area contributed by atoms with Gasteiger partial charge in [0, 0.05) is 64.4 Å². The fourth-order valence-electron chi connectivity index (χ4n) is 9.89. The number of rotatable bonds is 10. The highest BCUT2D eigenvalue weighted by atomic mass is 35.5. The summed E-state index contributed by atoms with van der Waals surface area (Å²) in [5.41, 5.74) is 14.7. The Labute approximate surface area is 533 Å². The molecule has 0 spiro atoms. The van der Waals surface area contributed by atoms with E-state index < -0.39 is 29.9 Å². The van der Waals surface area contributed by atoms with Crippen LogP contribution < -0.4 is 45.3 Å². The van der Waals surface area contributed by atoms with Gasteiger partial charge in [0.2, 0.25) is 5.91 Å². The first-order valence-electron chi connectivity index (χ1n) is 28.4. The van der Waals surface area contributed by atoms with E-state index in [1.807, 2.05) is 147 Å². The topological polar surface area (TPSA) is 281 Å². The van der Waals surface area contributed by atoms with Crippen molar-refractivity contribution < 1.29 is 47.8 Å². The maximum Gasteiger partial charge on any atom is 0.373 e. The van der Waals surface area contributed by atoms with Gasteiger partial charge in [0.1, 0.15) is 66.6 Å². The van der Waals surface area contributed by atoms with Crippen molar-refractivity contribution in [3.8, 4) is 17.2 Å². The number of fused-ring (bicyclic) bond motifs is 3. The second-order valence-corrected chi connectivity index (χ2v) is 20.9. The predicted octanol–water partition coefficient (Wildman–Crippen LogP) is 8.31. The lowest BCUT2D eigenvalue weighted by atomic mass is 9.93. The molecule has 0 radical (unpaired) electrons. The number of halogens is 2. The number of benzene rings is 6. The summed E-state index contributed by atoms with van der Waals surface area (Å²) in [6.07, 6.45) is 3.73. The number of hydrogen-bond donors (Lipinski definition) is 3. The van der Waals surface area contributed by atoms with Gasteiger partial charge in [-0.25, -0.2) is 0 Å². The predicted molar refractivity (Wildman–Crippen MR) is 351 cm³/mol. The summed E-state index contributed by atoms with van der Waals surface area (Å²) in [4.78, 5) is 83.4. The third-order valence-corrected chi connectivity index (χ3v) is 15.2. The number of ether oxygens (including phenoxy) is 3. The quantitative estimate of drug-likeness (QED) is 0.117. The van der Waals surface area contributed by atoms with E-state index in [0.29, 0.717) is 58.8 Å². The van der Waals surface area contributed by atoms with Gasteiger partial charge in [-0.3, -0.25) is 24.0 Å². The molecule has 24 heteroatoms. The number of likely N-dealkylation sites (N-methyl/N-ethyl adjacent to an activating group) is 3. The summed E-state index contributed by atoms with van der Waals surface area (Å²) in [5.74, 6) is 1.07. The number of carbonyl (C=O) groups excluding carboxylic acids is 7. The van der Waals surface area contributed by atoms with Crippen molar-refractivity contribution in [3.05, 3.63) is 180 Å². The maximum atomic E-state index is 12.8. The van der Waals surface area contributed by atoms with Crippen LogP contribution in [0.1, 0.15) is 74.5 Å². The molecule has 6 aromatic carbocycles. The molecule has 4 N–H and O–H groups in total. The van der Waals surface area contributed by atoms with Crippen LogP contribution in [0.15, 0.2) is 194 Å². The lowest BCUT2D eigenvalue weighted by molar-refractivity contribution is -0.191. The van der Waals surface area contributed by atoms with Crippen molar-refractivity contribution in [3.63, 3.8) is 0 Å². The first-order valence-corrected chi connectivity index (χ1v) is 28.4. The molecular weight excluding hydrogens is 1190 g/mol. The molecule has 0 aliphatic carbocycles. The SMILES string of the molecule is CC(C1=NN=CC1)c1ccccc1.CN1C(=O)[C@@H](N)COc2ccccc21.C[C@@H](C1=NN=C(C(=O)N[C@H]2COc3ccccc3N(C)C2=O)C1)c1ccccc1.C[C@H](C1=NN=C(C(=O)N[C@H]2COc3ccccc3N(C)C2=O)C1)c1ccccc1.Cl.Cl.O=C=O. The van der Waals surface area contributed by atoms with Crippen LogP contribution in [0.2, 0.25) is 0 Å². The van der Waals surface area contributed by atoms with Crippen molar-refractivity contribution in [2.45, 2.75) is 75.9 Å². The van der Waals surface area contributed by atoms with Crippen LogP contribution in [0.3, 0.4) is 0 Å². The van der Waals surface area contributed by atoms with Gasteiger partial charge in [0.15, 0.2) is 0 Å². The molecular formula is C66H70Cl2N12O10. The van der Waals surface area contributed by atoms with E-state index in [9.17, 15) is 24.0 Å². The summed E-state index contributed by atoms with van der Waals surface area (Å²) < 4.78 is 16.9. The molecule has 6 aliphatic heterocycles. The van der Waals surface area contributed by atoms with Crippen molar-refractivity contribution in [2.75, 3.05) is 55.7 Å². The van der Waals surface area contributed by atoms with E-state index in [-0.39, 0.29) is 80.3 Å². The minimum absolute atomic E-state index is 0. The van der Waals surface area contributed by atoms with Gasteiger partial charge < -0.3 is 45.3 Å². The summed E-state index contributed by atoms with van der Waals surface area (Å²) in [6.45, 7) is 6.61.